The van der Waals surface area contributed by atoms with Gasteiger partial charge in [0.25, 0.3) is 0 Å². The molecule has 0 unspecified atom stereocenters. The fourth-order valence-corrected chi connectivity index (χ4v) is 2.27. The van der Waals surface area contributed by atoms with Crippen LogP contribution in [0.4, 0.5) is 11.4 Å². The number of rotatable bonds is 3. The van der Waals surface area contributed by atoms with Crippen molar-refractivity contribution in [2.75, 3.05) is 30.3 Å². The van der Waals surface area contributed by atoms with Crippen molar-refractivity contribution in [1.29, 1.82) is 0 Å². The molecule has 1 fully saturated rings. The molecule has 0 aliphatic carbocycles. The van der Waals surface area contributed by atoms with Crippen LogP contribution in [0.2, 0.25) is 0 Å². The van der Waals surface area contributed by atoms with Gasteiger partial charge in [0, 0.05) is 18.7 Å². The van der Waals surface area contributed by atoms with Crippen LogP contribution < -0.4 is 16.4 Å². The minimum absolute atomic E-state index is 0.0303. The molecule has 1 aromatic rings. The fraction of sp³-hybridized carbons (Fsp3) is 0.462. The molecule has 0 aromatic heterocycles. The van der Waals surface area contributed by atoms with E-state index in [0.29, 0.717) is 11.3 Å². The van der Waals surface area contributed by atoms with Gasteiger partial charge in [0.05, 0.1) is 17.9 Å². The molecule has 1 heterocycles. The third-order valence-corrected chi connectivity index (χ3v) is 3.23. The highest BCUT2D eigenvalue weighted by Gasteiger charge is 2.14. The smallest absolute Gasteiger partial charge is 0.176 e. The lowest BCUT2D eigenvalue weighted by Gasteiger charge is -2.30. The molecule has 1 aromatic carbocycles. The first-order valence-electron chi connectivity index (χ1n) is 6.10. The van der Waals surface area contributed by atoms with Gasteiger partial charge in [-0.1, -0.05) is 0 Å². The van der Waals surface area contributed by atoms with Crippen molar-refractivity contribution in [3.05, 3.63) is 23.8 Å². The van der Waals surface area contributed by atoms with Gasteiger partial charge in [0.15, 0.2) is 5.78 Å². The molecule has 17 heavy (non-hydrogen) atoms. The van der Waals surface area contributed by atoms with Gasteiger partial charge in [-0.15, -0.1) is 0 Å². The van der Waals surface area contributed by atoms with E-state index in [2.05, 4.69) is 4.90 Å². The van der Waals surface area contributed by atoms with Crippen molar-refractivity contribution >= 4 is 17.2 Å². The summed E-state index contributed by atoms with van der Waals surface area (Å²) in [5.41, 5.74) is 13.7. The second-order valence-electron chi connectivity index (χ2n) is 4.45. The Morgan fingerprint density at radius 3 is 2.53 bits per heavy atom. The maximum Gasteiger partial charge on any atom is 0.176 e. The number of nitrogens with two attached hydrogens (primary N) is 2. The molecule has 0 amide bonds. The highest BCUT2D eigenvalue weighted by molar-refractivity contribution is 5.99. The Kier molecular flexibility index (Phi) is 3.64. The number of carbonyl (C=O) groups is 1. The zero-order chi connectivity index (χ0) is 12.3. The summed E-state index contributed by atoms with van der Waals surface area (Å²) < 4.78 is 0. The first-order valence-corrected chi connectivity index (χ1v) is 6.10. The van der Waals surface area contributed by atoms with Gasteiger partial charge in [0.2, 0.25) is 0 Å². The van der Waals surface area contributed by atoms with Gasteiger partial charge in [-0.25, -0.2) is 0 Å². The number of Topliss-reactive ketones (excluding diaryl/α,β-unsaturated/α-hetero) is 1. The standard InChI is InChI=1S/C13H19N3O/c14-9-13(17)10-4-5-12(11(15)8-10)16-6-2-1-3-7-16/h4-5,8H,1-3,6-7,9,14-15H2. The SMILES string of the molecule is NCC(=O)c1ccc(N2CCCCC2)c(N)c1. The Morgan fingerprint density at radius 1 is 1.24 bits per heavy atom. The van der Waals surface area contributed by atoms with Gasteiger partial charge in [0.1, 0.15) is 0 Å². The molecule has 2 rings (SSSR count). The van der Waals surface area contributed by atoms with Crippen LogP contribution in [-0.2, 0) is 0 Å². The van der Waals surface area contributed by atoms with E-state index >= 15 is 0 Å². The maximum atomic E-state index is 11.5. The van der Waals surface area contributed by atoms with Gasteiger partial charge in [-0.05, 0) is 37.5 Å². The van der Waals surface area contributed by atoms with Crippen LogP contribution in [0.25, 0.3) is 0 Å². The average molecular weight is 233 g/mol. The number of hydrogen-bond donors (Lipinski definition) is 2. The Bertz CT molecular complexity index is 411. The summed E-state index contributed by atoms with van der Waals surface area (Å²) in [4.78, 5) is 13.7. The van der Waals surface area contributed by atoms with Gasteiger partial charge in [-0.2, -0.15) is 0 Å². The molecule has 0 radical (unpaired) electrons. The molecular weight excluding hydrogens is 214 g/mol. The number of nitrogen functional groups attached to an aromatic ring is 1. The molecule has 4 N–H and O–H groups in total. The molecule has 0 atom stereocenters. The summed E-state index contributed by atoms with van der Waals surface area (Å²) in [5, 5.41) is 0. The lowest BCUT2D eigenvalue weighted by atomic mass is 10.1. The predicted octanol–water partition coefficient (Wildman–Crippen LogP) is 1.40. The lowest BCUT2D eigenvalue weighted by molar-refractivity contribution is 0.100. The van der Waals surface area contributed by atoms with Crippen molar-refractivity contribution in [3.8, 4) is 0 Å². The van der Waals surface area contributed by atoms with Crippen LogP contribution in [0, 0.1) is 0 Å². The summed E-state index contributed by atoms with van der Waals surface area (Å²) >= 11 is 0. The first-order chi connectivity index (χ1) is 8.22. The number of nitrogens with zero attached hydrogens (tertiary/aromatic N) is 1. The predicted molar refractivity (Wildman–Crippen MR) is 70.3 cm³/mol. The maximum absolute atomic E-state index is 11.5. The lowest BCUT2D eigenvalue weighted by Crippen LogP contribution is -2.30. The zero-order valence-corrected chi connectivity index (χ0v) is 9.98. The van der Waals surface area contributed by atoms with E-state index in [4.69, 9.17) is 11.5 Å². The van der Waals surface area contributed by atoms with Crippen LogP contribution in [0.3, 0.4) is 0 Å². The van der Waals surface area contributed by atoms with Crippen molar-refractivity contribution in [3.63, 3.8) is 0 Å². The second kappa shape index (κ2) is 5.19. The van der Waals surface area contributed by atoms with E-state index < -0.39 is 0 Å². The van der Waals surface area contributed by atoms with E-state index in [0.717, 1.165) is 18.8 Å². The van der Waals surface area contributed by atoms with Crippen molar-refractivity contribution < 1.29 is 4.79 Å². The average Bonchev–Trinajstić information content (AvgIpc) is 2.38. The number of anilines is 2. The number of benzene rings is 1. The highest BCUT2D eigenvalue weighted by atomic mass is 16.1. The molecular formula is C13H19N3O. The zero-order valence-electron chi connectivity index (χ0n) is 9.98. The third kappa shape index (κ3) is 2.58. The molecule has 1 saturated heterocycles. The van der Waals surface area contributed by atoms with Crippen LogP contribution in [0.1, 0.15) is 29.6 Å². The fourth-order valence-electron chi connectivity index (χ4n) is 2.27. The summed E-state index contributed by atoms with van der Waals surface area (Å²) in [5.74, 6) is -0.0677. The molecule has 4 heteroatoms. The first kappa shape index (κ1) is 11.9. The summed E-state index contributed by atoms with van der Waals surface area (Å²) in [6, 6.07) is 5.48. The summed E-state index contributed by atoms with van der Waals surface area (Å²) in [6.07, 6.45) is 3.71. The van der Waals surface area contributed by atoms with Crippen molar-refractivity contribution in [1.82, 2.24) is 0 Å². The number of carbonyl (C=O) groups excluding carboxylic acids is 1. The summed E-state index contributed by atoms with van der Waals surface area (Å²) in [7, 11) is 0. The third-order valence-electron chi connectivity index (χ3n) is 3.23. The number of ketones is 1. The number of hydrogen-bond acceptors (Lipinski definition) is 4. The van der Waals surface area contributed by atoms with Gasteiger partial charge < -0.3 is 16.4 Å². The van der Waals surface area contributed by atoms with E-state index in [9.17, 15) is 4.79 Å². The van der Waals surface area contributed by atoms with Crippen LogP contribution in [0.5, 0.6) is 0 Å². The topological polar surface area (TPSA) is 72.4 Å². The summed E-state index contributed by atoms with van der Waals surface area (Å²) in [6.45, 7) is 2.13. The van der Waals surface area contributed by atoms with Crippen LogP contribution in [-0.4, -0.2) is 25.4 Å². The highest BCUT2D eigenvalue weighted by Crippen LogP contribution is 2.27. The largest absolute Gasteiger partial charge is 0.397 e. The van der Waals surface area contributed by atoms with Crippen LogP contribution in [0.15, 0.2) is 18.2 Å². The van der Waals surface area contributed by atoms with Crippen molar-refractivity contribution in [2.24, 2.45) is 5.73 Å². The Labute approximate surface area is 102 Å². The monoisotopic (exact) mass is 233 g/mol. The number of piperidine rings is 1. The molecule has 92 valence electrons. The molecule has 0 spiro atoms. The molecule has 1 aliphatic rings. The normalized spacial score (nSPS) is 15.9. The van der Waals surface area contributed by atoms with E-state index in [-0.39, 0.29) is 12.3 Å². The van der Waals surface area contributed by atoms with Crippen molar-refractivity contribution in [2.45, 2.75) is 19.3 Å². The Morgan fingerprint density at radius 2 is 1.94 bits per heavy atom. The minimum atomic E-state index is -0.0677. The van der Waals surface area contributed by atoms with E-state index in [1.165, 1.54) is 19.3 Å². The molecule has 4 nitrogen and oxygen atoms in total. The molecule has 1 aliphatic heterocycles. The quantitative estimate of drug-likeness (QED) is 0.611. The van der Waals surface area contributed by atoms with Gasteiger partial charge >= 0.3 is 0 Å². The van der Waals surface area contributed by atoms with Gasteiger partial charge in [-0.3, -0.25) is 4.79 Å². The molecule has 0 saturated carbocycles. The molecule has 0 bridgehead atoms. The Hall–Kier alpha value is -1.55. The Balaban J connectivity index is 2.21. The van der Waals surface area contributed by atoms with E-state index in [1.54, 1.807) is 6.07 Å². The van der Waals surface area contributed by atoms with Crippen LogP contribution >= 0.6 is 0 Å². The second-order valence-corrected chi connectivity index (χ2v) is 4.45. The minimum Gasteiger partial charge on any atom is -0.397 e. The van der Waals surface area contributed by atoms with E-state index in [1.807, 2.05) is 12.1 Å².